The van der Waals surface area contributed by atoms with Crippen LogP contribution in [0.25, 0.3) is 0 Å². The molecular formula is C17H19ClN2O5S. The lowest BCUT2D eigenvalue weighted by atomic mass is 10.1. The Hall–Kier alpha value is -2.16. The van der Waals surface area contributed by atoms with Crippen molar-refractivity contribution in [3.05, 3.63) is 51.8 Å². The maximum Gasteiger partial charge on any atom is 0.338 e. The fourth-order valence-corrected chi connectivity index (χ4v) is 3.63. The number of carbonyl (C=O) groups is 2. The molecule has 0 fully saturated rings. The number of benzene rings is 1. The van der Waals surface area contributed by atoms with Gasteiger partial charge < -0.3 is 9.30 Å². The number of Topliss-reactive ketones (excluding diaryl/α,β-unsaturated/α-hetero) is 1. The van der Waals surface area contributed by atoms with Crippen LogP contribution in [-0.2, 0) is 21.8 Å². The Morgan fingerprint density at radius 3 is 2.42 bits per heavy atom. The molecule has 0 bridgehead atoms. The molecule has 1 aromatic heterocycles. The molecule has 0 aliphatic carbocycles. The van der Waals surface area contributed by atoms with Crippen molar-refractivity contribution in [2.45, 2.75) is 18.7 Å². The van der Waals surface area contributed by atoms with Crippen LogP contribution in [0.15, 0.2) is 29.2 Å². The Bertz CT molecular complexity index is 979. The topological polar surface area (TPSA) is 94.5 Å². The van der Waals surface area contributed by atoms with E-state index in [0.29, 0.717) is 5.56 Å². The van der Waals surface area contributed by atoms with Crippen LogP contribution in [0.5, 0.6) is 0 Å². The van der Waals surface area contributed by atoms with Crippen LogP contribution in [0.3, 0.4) is 0 Å². The second-order valence-electron chi connectivity index (χ2n) is 5.70. The summed E-state index contributed by atoms with van der Waals surface area (Å²) in [5.74, 6) is -1.15. The van der Waals surface area contributed by atoms with Gasteiger partial charge in [-0.1, -0.05) is 11.6 Å². The highest BCUT2D eigenvalue weighted by Gasteiger charge is 2.20. The third kappa shape index (κ3) is 3.98. The van der Waals surface area contributed by atoms with E-state index in [2.05, 4.69) is 4.72 Å². The summed E-state index contributed by atoms with van der Waals surface area (Å²) in [5, 5.41) is -0.0256. The lowest BCUT2D eigenvalue weighted by molar-refractivity contribution is 0.0474. The van der Waals surface area contributed by atoms with Gasteiger partial charge in [0.15, 0.2) is 6.61 Å². The number of ether oxygens (including phenoxy) is 1. The standard InChI is InChI=1S/C17H19ClN2O5S/c1-10-7-13(11(2)20(10)4)15(21)9-25-17(22)12-5-6-14(18)16(8-12)26(23,24)19-3/h5-8,19H,9H2,1-4H3. The molecule has 1 heterocycles. The van der Waals surface area contributed by atoms with Crippen molar-refractivity contribution in [2.24, 2.45) is 7.05 Å². The van der Waals surface area contributed by atoms with Gasteiger partial charge in [0.05, 0.1) is 10.6 Å². The number of rotatable bonds is 6. The third-order valence-corrected chi connectivity index (χ3v) is 6.03. The number of aromatic nitrogens is 1. The average molecular weight is 399 g/mol. The van der Waals surface area contributed by atoms with Crippen LogP contribution in [0.1, 0.15) is 32.1 Å². The van der Waals surface area contributed by atoms with Gasteiger partial charge in [-0.15, -0.1) is 0 Å². The first kappa shape index (κ1) is 20.2. The lowest BCUT2D eigenvalue weighted by Crippen LogP contribution is -2.20. The summed E-state index contributed by atoms with van der Waals surface area (Å²) in [5.41, 5.74) is 2.15. The zero-order chi connectivity index (χ0) is 19.6. The van der Waals surface area contributed by atoms with Crippen LogP contribution in [0.4, 0.5) is 0 Å². The van der Waals surface area contributed by atoms with Crippen molar-refractivity contribution >= 4 is 33.4 Å². The molecule has 0 radical (unpaired) electrons. The molecule has 26 heavy (non-hydrogen) atoms. The van der Waals surface area contributed by atoms with Gasteiger partial charge in [-0.2, -0.15) is 0 Å². The van der Waals surface area contributed by atoms with Gasteiger partial charge in [0, 0.05) is 24.0 Å². The average Bonchev–Trinajstić information content (AvgIpc) is 2.87. The second kappa shape index (κ2) is 7.61. The monoisotopic (exact) mass is 398 g/mol. The predicted octanol–water partition coefficient (Wildman–Crippen LogP) is 2.24. The summed E-state index contributed by atoms with van der Waals surface area (Å²) in [6, 6.07) is 5.46. The van der Waals surface area contributed by atoms with Gasteiger partial charge in [0.2, 0.25) is 15.8 Å². The van der Waals surface area contributed by atoms with Crippen LogP contribution in [0, 0.1) is 13.8 Å². The van der Waals surface area contributed by atoms with Crippen LogP contribution in [0.2, 0.25) is 5.02 Å². The van der Waals surface area contributed by atoms with E-state index in [4.69, 9.17) is 16.3 Å². The largest absolute Gasteiger partial charge is 0.454 e. The van der Waals surface area contributed by atoms with Crippen molar-refractivity contribution in [3.8, 4) is 0 Å². The van der Waals surface area contributed by atoms with Gasteiger partial charge in [-0.25, -0.2) is 17.9 Å². The highest BCUT2D eigenvalue weighted by Crippen LogP contribution is 2.23. The number of esters is 1. The highest BCUT2D eigenvalue weighted by atomic mass is 35.5. The molecule has 1 N–H and O–H groups in total. The van der Waals surface area contributed by atoms with E-state index in [-0.39, 0.29) is 21.3 Å². The Labute approximate surface area is 157 Å². The molecule has 1 aromatic carbocycles. The zero-order valence-electron chi connectivity index (χ0n) is 14.8. The summed E-state index contributed by atoms with van der Waals surface area (Å²) in [4.78, 5) is 24.2. The maximum absolute atomic E-state index is 12.3. The van der Waals surface area contributed by atoms with E-state index in [9.17, 15) is 18.0 Å². The minimum atomic E-state index is -3.83. The van der Waals surface area contributed by atoms with Crippen molar-refractivity contribution in [1.82, 2.24) is 9.29 Å². The molecule has 0 unspecified atom stereocenters. The molecule has 2 rings (SSSR count). The number of ketones is 1. The molecule has 0 spiro atoms. The molecule has 2 aromatic rings. The van der Waals surface area contributed by atoms with Crippen molar-refractivity contribution in [1.29, 1.82) is 0 Å². The van der Waals surface area contributed by atoms with Crippen LogP contribution >= 0.6 is 11.6 Å². The summed E-state index contributed by atoms with van der Waals surface area (Å²) in [6.45, 7) is 3.23. The summed E-state index contributed by atoms with van der Waals surface area (Å²) in [6.07, 6.45) is 0. The first-order chi connectivity index (χ1) is 12.1. The Balaban J connectivity index is 2.17. The van der Waals surface area contributed by atoms with Gasteiger partial charge in [0.25, 0.3) is 0 Å². The molecule has 0 aliphatic rings. The number of sulfonamides is 1. The number of nitrogens with zero attached hydrogens (tertiary/aromatic N) is 1. The minimum Gasteiger partial charge on any atom is -0.454 e. The normalized spacial score (nSPS) is 11.4. The number of aryl methyl sites for hydroxylation is 1. The van der Waals surface area contributed by atoms with E-state index in [1.165, 1.54) is 19.2 Å². The van der Waals surface area contributed by atoms with Gasteiger partial charge in [-0.3, -0.25) is 4.79 Å². The smallest absolute Gasteiger partial charge is 0.338 e. The maximum atomic E-state index is 12.3. The van der Waals surface area contributed by atoms with Gasteiger partial charge in [0.1, 0.15) is 4.90 Å². The van der Waals surface area contributed by atoms with Crippen molar-refractivity contribution in [2.75, 3.05) is 13.7 Å². The predicted molar refractivity (Wildman–Crippen MR) is 97.2 cm³/mol. The molecular weight excluding hydrogens is 380 g/mol. The molecule has 0 amide bonds. The van der Waals surface area contributed by atoms with Gasteiger partial charge >= 0.3 is 5.97 Å². The fraction of sp³-hybridized carbons (Fsp3) is 0.294. The highest BCUT2D eigenvalue weighted by molar-refractivity contribution is 7.89. The summed E-state index contributed by atoms with van der Waals surface area (Å²) >= 11 is 5.88. The molecule has 140 valence electrons. The van der Waals surface area contributed by atoms with Crippen molar-refractivity contribution < 1.29 is 22.7 Å². The van der Waals surface area contributed by atoms with Gasteiger partial charge in [-0.05, 0) is 45.2 Å². The summed E-state index contributed by atoms with van der Waals surface area (Å²) in [7, 11) is -0.752. The first-order valence-electron chi connectivity index (χ1n) is 7.64. The van der Waals surface area contributed by atoms with E-state index in [1.807, 2.05) is 18.5 Å². The lowest BCUT2D eigenvalue weighted by Gasteiger charge is -2.08. The quantitative estimate of drug-likeness (QED) is 0.594. The van der Waals surface area contributed by atoms with E-state index < -0.39 is 22.6 Å². The molecule has 0 saturated heterocycles. The number of hydrogen-bond donors (Lipinski definition) is 1. The number of carbonyl (C=O) groups excluding carboxylic acids is 2. The zero-order valence-corrected chi connectivity index (χ0v) is 16.4. The second-order valence-corrected chi connectivity index (χ2v) is 7.96. The van der Waals surface area contributed by atoms with E-state index >= 15 is 0 Å². The minimum absolute atomic E-state index is 0.0167. The van der Waals surface area contributed by atoms with Crippen LogP contribution < -0.4 is 4.72 Å². The molecule has 9 heteroatoms. The van der Waals surface area contributed by atoms with E-state index in [1.54, 1.807) is 13.0 Å². The number of hydrogen-bond acceptors (Lipinski definition) is 5. The molecule has 0 saturated carbocycles. The summed E-state index contributed by atoms with van der Waals surface area (Å²) < 4.78 is 32.9. The first-order valence-corrected chi connectivity index (χ1v) is 9.51. The Morgan fingerprint density at radius 1 is 1.23 bits per heavy atom. The number of halogens is 1. The van der Waals surface area contributed by atoms with Crippen molar-refractivity contribution in [3.63, 3.8) is 0 Å². The Kier molecular flexibility index (Phi) is 5.90. The third-order valence-electron chi connectivity index (χ3n) is 4.14. The molecule has 0 atom stereocenters. The van der Waals surface area contributed by atoms with Crippen LogP contribution in [-0.4, -0.2) is 38.4 Å². The molecule has 0 aliphatic heterocycles. The number of nitrogens with one attached hydrogen (secondary N) is 1. The Morgan fingerprint density at radius 2 is 1.88 bits per heavy atom. The van der Waals surface area contributed by atoms with E-state index in [0.717, 1.165) is 17.5 Å². The molecule has 7 nitrogen and oxygen atoms in total. The fourth-order valence-electron chi connectivity index (χ4n) is 2.38. The SMILES string of the molecule is CNS(=O)(=O)c1cc(C(=O)OCC(=O)c2cc(C)n(C)c2C)ccc1Cl.